The molecule has 1 aliphatic rings. The van der Waals surface area contributed by atoms with Gasteiger partial charge in [-0.3, -0.25) is 9.69 Å². The fraction of sp³-hybridized carbons (Fsp3) is 0.625. The molecule has 2 N–H and O–H groups in total. The van der Waals surface area contributed by atoms with Crippen LogP contribution < -0.4 is 5.32 Å². The van der Waals surface area contributed by atoms with Crippen LogP contribution in [0.15, 0.2) is 18.2 Å². The van der Waals surface area contributed by atoms with E-state index in [4.69, 9.17) is 0 Å². The first kappa shape index (κ1) is 18.7. The molecule has 1 aromatic heterocycles. The van der Waals surface area contributed by atoms with E-state index in [1.807, 2.05) is 13.0 Å². The van der Waals surface area contributed by atoms with Crippen LogP contribution in [0.5, 0.6) is 0 Å². The minimum absolute atomic E-state index is 0.0774. The minimum atomic E-state index is -4.39. The number of aliphatic hydroxyl groups is 1. The number of likely N-dealkylation sites (tertiary alicyclic amines) is 1. The maximum absolute atomic E-state index is 12.3. The van der Waals surface area contributed by atoms with E-state index in [-0.39, 0.29) is 18.4 Å². The number of hydrogen-bond acceptors (Lipinski definition) is 4. The summed E-state index contributed by atoms with van der Waals surface area (Å²) in [6.07, 6.45) is -5.71. The maximum Gasteiger partial charge on any atom is 0.391 e. The number of aryl methyl sites for hydroxylation is 1. The Kier molecular flexibility index (Phi) is 6.17. The standard InChI is InChI=1S/C16H22F3N3O2/c1-11-4-2-6-14(20-11)21-15(24)12-5-3-7-22(9-12)10-13(23)8-16(17,18)19/h2,4,6,12-13,23H,3,5,7-10H2,1H3,(H,20,21,24). The van der Waals surface area contributed by atoms with Gasteiger partial charge in [-0.1, -0.05) is 6.07 Å². The maximum atomic E-state index is 12.3. The first-order valence-electron chi connectivity index (χ1n) is 7.94. The van der Waals surface area contributed by atoms with Crippen LogP contribution in [0.25, 0.3) is 0 Å². The van der Waals surface area contributed by atoms with Crippen LogP contribution in [-0.4, -0.2) is 52.8 Å². The van der Waals surface area contributed by atoms with E-state index in [2.05, 4.69) is 10.3 Å². The Morgan fingerprint density at radius 1 is 1.50 bits per heavy atom. The number of β-amino-alcohol motifs (C(OH)–C–C–N with tert-alkyl or cyclic N) is 1. The number of rotatable bonds is 5. The second-order valence-electron chi connectivity index (χ2n) is 6.23. The zero-order valence-electron chi connectivity index (χ0n) is 13.5. The molecule has 0 bridgehead atoms. The molecule has 24 heavy (non-hydrogen) atoms. The van der Waals surface area contributed by atoms with Crippen LogP contribution in [0.3, 0.4) is 0 Å². The highest BCUT2D eigenvalue weighted by Gasteiger charge is 2.33. The second-order valence-corrected chi connectivity index (χ2v) is 6.23. The molecule has 1 aliphatic heterocycles. The molecule has 0 aromatic carbocycles. The van der Waals surface area contributed by atoms with Gasteiger partial charge in [-0.2, -0.15) is 13.2 Å². The lowest BCUT2D eigenvalue weighted by Crippen LogP contribution is -2.44. The number of alkyl halides is 3. The Morgan fingerprint density at radius 3 is 2.92 bits per heavy atom. The normalized spacial score (nSPS) is 20.6. The molecule has 5 nitrogen and oxygen atoms in total. The fourth-order valence-corrected chi connectivity index (χ4v) is 2.91. The van der Waals surface area contributed by atoms with Crippen LogP contribution >= 0.6 is 0 Å². The van der Waals surface area contributed by atoms with Crippen molar-refractivity contribution in [2.45, 2.75) is 38.5 Å². The van der Waals surface area contributed by atoms with E-state index in [9.17, 15) is 23.1 Å². The monoisotopic (exact) mass is 345 g/mol. The van der Waals surface area contributed by atoms with Gasteiger partial charge in [0.05, 0.1) is 18.4 Å². The Labute approximate surface area is 138 Å². The number of nitrogens with zero attached hydrogens (tertiary/aromatic N) is 2. The molecule has 0 aliphatic carbocycles. The third kappa shape index (κ3) is 6.09. The molecule has 134 valence electrons. The number of aromatic nitrogens is 1. The summed E-state index contributed by atoms with van der Waals surface area (Å²) >= 11 is 0. The van der Waals surface area contributed by atoms with Gasteiger partial charge in [0.1, 0.15) is 5.82 Å². The summed E-state index contributed by atoms with van der Waals surface area (Å²) in [5.74, 6) is -0.0449. The predicted octanol–water partition coefficient (Wildman–Crippen LogP) is 2.35. The number of amides is 1. The number of nitrogens with one attached hydrogen (secondary N) is 1. The molecule has 1 amide bonds. The topological polar surface area (TPSA) is 65.5 Å². The fourth-order valence-electron chi connectivity index (χ4n) is 2.91. The van der Waals surface area contributed by atoms with Crippen LogP contribution in [0.2, 0.25) is 0 Å². The zero-order valence-corrected chi connectivity index (χ0v) is 13.5. The van der Waals surface area contributed by atoms with Gasteiger partial charge in [0.2, 0.25) is 5.91 Å². The quantitative estimate of drug-likeness (QED) is 0.860. The summed E-state index contributed by atoms with van der Waals surface area (Å²) in [5.41, 5.74) is 0.786. The highest BCUT2D eigenvalue weighted by Crippen LogP contribution is 2.23. The molecular formula is C16H22F3N3O2. The minimum Gasteiger partial charge on any atom is -0.391 e. The Hall–Kier alpha value is -1.67. The van der Waals surface area contributed by atoms with E-state index >= 15 is 0 Å². The summed E-state index contributed by atoms with van der Waals surface area (Å²) in [5, 5.41) is 12.3. The van der Waals surface area contributed by atoms with Gasteiger partial charge < -0.3 is 10.4 Å². The molecule has 1 saturated heterocycles. The van der Waals surface area contributed by atoms with Gasteiger partial charge in [-0.25, -0.2) is 4.98 Å². The molecule has 1 aromatic rings. The van der Waals surface area contributed by atoms with Crippen LogP contribution in [0.1, 0.15) is 25.0 Å². The van der Waals surface area contributed by atoms with E-state index in [0.29, 0.717) is 31.7 Å². The van der Waals surface area contributed by atoms with Crippen molar-refractivity contribution >= 4 is 11.7 Å². The molecule has 0 saturated carbocycles. The Morgan fingerprint density at radius 2 is 2.25 bits per heavy atom. The Bertz CT molecular complexity index is 566. The lowest BCUT2D eigenvalue weighted by Gasteiger charge is -2.33. The van der Waals surface area contributed by atoms with Crippen molar-refractivity contribution in [1.82, 2.24) is 9.88 Å². The third-order valence-electron chi connectivity index (χ3n) is 3.95. The first-order valence-corrected chi connectivity index (χ1v) is 7.94. The van der Waals surface area contributed by atoms with Gasteiger partial charge in [0.25, 0.3) is 0 Å². The van der Waals surface area contributed by atoms with Crippen molar-refractivity contribution < 1.29 is 23.1 Å². The highest BCUT2D eigenvalue weighted by atomic mass is 19.4. The molecule has 2 unspecified atom stereocenters. The molecule has 2 rings (SSSR count). The van der Waals surface area contributed by atoms with Gasteiger partial charge in [0, 0.05) is 18.8 Å². The molecule has 1 fully saturated rings. The number of aliphatic hydroxyl groups excluding tert-OH is 1. The zero-order chi connectivity index (χ0) is 17.7. The average Bonchev–Trinajstić information content (AvgIpc) is 2.45. The van der Waals surface area contributed by atoms with Crippen LogP contribution in [0.4, 0.5) is 19.0 Å². The van der Waals surface area contributed by atoms with Gasteiger partial charge in [0.15, 0.2) is 0 Å². The number of pyridine rings is 1. The average molecular weight is 345 g/mol. The molecule has 0 radical (unpaired) electrons. The number of carbonyl (C=O) groups excluding carboxylic acids is 1. The van der Waals surface area contributed by atoms with E-state index in [0.717, 1.165) is 5.69 Å². The van der Waals surface area contributed by atoms with Crippen LogP contribution in [-0.2, 0) is 4.79 Å². The SMILES string of the molecule is Cc1cccc(NC(=O)C2CCCN(CC(O)CC(F)(F)F)C2)n1. The van der Waals surface area contributed by atoms with Crippen molar-refractivity contribution in [3.8, 4) is 0 Å². The highest BCUT2D eigenvalue weighted by molar-refractivity contribution is 5.91. The van der Waals surface area contributed by atoms with Crippen molar-refractivity contribution in [3.05, 3.63) is 23.9 Å². The summed E-state index contributed by atoms with van der Waals surface area (Å²) in [4.78, 5) is 18.2. The lowest BCUT2D eigenvalue weighted by atomic mass is 9.96. The van der Waals surface area contributed by atoms with Crippen molar-refractivity contribution in [3.63, 3.8) is 0 Å². The second kappa shape index (κ2) is 7.94. The number of piperidine rings is 1. The number of anilines is 1. The molecule has 8 heteroatoms. The van der Waals surface area contributed by atoms with E-state index < -0.39 is 18.7 Å². The van der Waals surface area contributed by atoms with Crippen LogP contribution in [0, 0.1) is 12.8 Å². The molecule has 2 heterocycles. The lowest BCUT2D eigenvalue weighted by molar-refractivity contribution is -0.156. The van der Waals surface area contributed by atoms with Crippen molar-refractivity contribution in [2.24, 2.45) is 5.92 Å². The summed E-state index contributed by atoms with van der Waals surface area (Å²) < 4.78 is 36.9. The predicted molar refractivity (Wildman–Crippen MR) is 83.4 cm³/mol. The first-order chi connectivity index (χ1) is 11.2. The smallest absolute Gasteiger partial charge is 0.391 e. The molecule has 2 atom stereocenters. The van der Waals surface area contributed by atoms with Gasteiger partial charge >= 0.3 is 6.18 Å². The van der Waals surface area contributed by atoms with Gasteiger partial charge in [-0.15, -0.1) is 0 Å². The largest absolute Gasteiger partial charge is 0.391 e. The van der Waals surface area contributed by atoms with E-state index in [1.54, 1.807) is 17.0 Å². The third-order valence-corrected chi connectivity index (χ3v) is 3.95. The number of hydrogen-bond donors (Lipinski definition) is 2. The summed E-state index contributed by atoms with van der Waals surface area (Å²) in [7, 11) is 0. The summed E-state index contributed by atoms with van der Waals surface area (Å²) in [6, 6.07) is 5.30. The number of halogens is 3. The number of carbonyl (C=O) groups is 1. The Balaban J connectivity index is 1.87. The van der Waals surface area contributed by atoms with Crippen molar-refractivity contribution in [1.29, 1.82) is 0 Å². The van der Waals surface area contributed by atoms with Crippen molar-refractivity contribution in [2.75, 3.05) is 25.0 Å². The van der Waals surface area contributed by atoms with Gasteiger partial charge in [-0.05, 0) is 38.4 Å². The summed E-state index contributed by atoms with van der Waals surface area (Å²) in [6.45, 7) is 2.67. The molecule has 0 spiro atoms. The molecular weight excluding hydrogens is 323 g/mol. The van der Waals surface area contributed by atoms with E-state index in [1.165, 1.54) is 0 Å².